The van der Waals surface area contributed by atoms with Gasteiger partial charge in [0.25, 0.3) is 0 Å². The average molecular weight is 373 g/mol. The molecule has 0 radical (unpaired) electrons. The fourth-order valence-corrected chi connectivity index (χ4v) is 2.99. The topological polar surface area (TPSA) is 66.4 Å². The second kappa shape index (κ2) is 5.90. The summed E-state index contributed by atoms with van der Waals surface area (Å²) in [6.07, 6.45) is 2.06. The Bertz CT molecular complexity index is 515. The molecule has 0 spiro atoms. The van der Waals surface area contributed by atoms with Gasteiger partial charge in [-0.2, -0.15) is 0 Å². The standard InChI is InChI=1S/C14H16INO3/c1-8-5-6-9(7-12(8)15)16-13(17)10-3-2-4-11(10)14(18)19/h5-7,10-11H,2-4H2,1H3,(H,16,17)(H,18,19)/t10-,11+/m1/s1. The van der Waals surface area contributed by atoms with Crippen molar-refractivity contribution in [3.63, 3.8) is 0 Å². The van der Waals surface area contributed by atoms with Crippen LogP contribution in [-0.2, 0) is 9.59 Å². The lowest BCUT2D eigenvalue weighted by Crippen LogP contribution is -2.30. The summed E-state index contributed by atoms with van der Waals surface area (Å²) in [7, 11) is 0. The maximum absolute atomic E-state index is 12.1. The number of benzene rings is 1. The summed E-state index contributed by atoms with van der Waals surface area (Å²) < 4.78 is 1.08. The fourth-order valence-electron chi connectivity index (χ4n) is 2.48. The van der Waals surface area contributed by atoms with E-state index >= 15 is 0 Å². The van der Waals surface area contributed by atoms with E-state index in [1.807, 2.05) is 25.1 Å². The number of rotatable bonds is 3. The van der Waals surface area contributed by atoms with Crippen molar-refractivity contribution in [2.24, 2.45) is 11.8 Å². The van der Waals surface area contributed by atoms with Crippen molar-refractivity contribution in [3.8, 4) is 0 Å². The van der Waals surface area contributed by atoms with E-state index in [4.69, 9.17) is 5.11 Å². The van der Waals surface area contributed by atoms with Crippen molar-refractivity contribution in [1.29, 1.82) is 0 Å². The van der Waals surface area contributed by atoms with E-state index in [2.05, 4.69) is 27.9 Å². The van der Waals surface area contributed by atoms with E-state index in [1.165, 1.54) is 0 Å². The van der Waals surface area contributed by atoms with Crippen LogP contribution in [0.4, 0.5) is 5.69 Å². The lowest BCUT2D eigenvalue weighted by atomic mass is 9.95. The second-order valence-corrected chi connectivity index (χ2v) is 6.10. The van der Waals surface area contributed by atoms with Crippen LogP contribution in [-0.4, -0.2) is 17.0 Å². The summed E-state index contributed by atoms with van der Waals surface area (Å²) in [6, 6.07) is 5.69. The van der Waals surface area contributed by atoms with Gasteiger partial charge in [-0.1, -0.05) is 12.5 Å². The molecule has 0 saturated heterocycles. The molecule has 1 saturated carbocycles. The van der Waals surface area contributed by atoms with Gasteiger partial charge >= 0.3 is 5.97 Å². The molecule has 1 aliphatic rings. The first-order valence-electron chi connectivity index (χ1n) is 6.29. The minimum absolute atomic E-state index is 0.176. The van der Waals surface area contributed by atoms with Gasteiger partial charge < -0.3 is 10.4 Å². The first kappa shape index (κ1) is 14.3. The number of nitrogens with one attached hydrogen (secondary N) is 1. The van der Waals surface area contributed by atoms with Gasteiger partial charge in [0.2, 0.25) is 5.91 Å². The molecule has 2 atom stereocenters. The van der Waals surface area contributed by atoms with Crippen LogP contribution in [0.5, 0.6) is 0 Å². The van der Waals surface area contributed by atoms with Crippen molar-refractivity contribution in [2.75, 3.05) is 5.32 Å². The number of aryl methyl sites for hydroxylation is 1. The molecule has 1 aromatic carbocycles. The molecular formula is C14H16INO3. The van der Waals surface area contributed by atoms with Crippen LogP contribution in [0.15, 0.2) is 18.2 Å². The number of carboxylic acids is 1. The second-order valence-electron chi connectivity index (χ2n) is 4.94. The molecular weight excluding hydrogens is 357 g/mol. The molecule has 0 heterocycles. The van der Waals surface area contributed by atoms with Gasteiger partial charge in [-0.25, -0.2) is 0 Å². The Labute approximate surface area is 125 Å². The van der Waals surface area contributed by atoms with Crippen LogP contribution in [0.25, 0.3) is 0 Å². The maximum Gasteiger partial charge on any atom is 0.307 e. The molecule has 5 heteroatoms. The van der Waals surface area contributed by atoms with Gasteiger partial charge in [0, 0.05) is 9.26 Å². The van der Waals surface area contributed by atoms with E-state index in [-0.39, 0.29) is 5.91 Å². The third-order valence-electron chi connectivity index (χ3n) is 3.61. The van der Waals surface area contributed by atoms with Gasteiger partial charge in [0.1, 0.15) is 0 Å². The van der Waals surface area contributed by atoms with Crippen molar-refractivity contribution in [2.45, 2.75) is 26.2 Å². The summed E-state index contributed by atoms with van der Waals surface area (Å²) in [5.74, 6) is -1.98. The maximum atomic E-state index is 12.1. The molecule has 1 aromatic rings. The molecule has 2 rings (SSSR count). The first-order chi connectivity index (χ1) is 8.99. The van der Waals surface area contributed by atoms with Crippen molar-refractivity contribution in [1.82, 2.24) is 0 Å². The largest absolute Gasteiger partial charge is 0.481 e. The number of carbonyl (C=O) groups excluding carboxylic acids is 1. The zero-order valence-electron chi connectivity index (χ0n) is 10.6. The lowest BCUT2D eigenvalue weighted by Gasteiger charge is -2.16. The van der Waals surface area contributed by atoms with Gasteiger partial charge in [-0.15, -0.1) is 0 Å². The molecule has 0 unspecified atom stereocenters. The number of amides is 1. The highest BCUT2D eigenvalue weighted by Gasteiger charge is 2.37. The summed E-state index contributed by atoms with van der Waals surface area (Å²) in [4.78, 5) is 23.2. The predicted molar refractivity (Wildman–Crippen MR) is 81.0 cm³/mol. The van der Waals surface area contributed by atoms with E-state index in [0.29, 0.717) is 12.8 Å². The first-order valence-corrected chi connectivity index (χ1v) is 7.36. The molecule has 1 amide bonds. The Balaban J connectivity index is 2.08. The predicted octanol–water partition coefficient (Wildman–Crippen LogP) is 3.04. The molecule has 0 aliphatic heterocycles. The lowest BCUT2D eigenvalue weighted by molar-refractivity contribution is -0.145. The van der Waals surface area contributed by atoms with Crippen molar-refractivity contribution >= 4 is 40.2 Å². The van der Waals surface area contributed by atoms with Gasteiger partial charge in [-0.05, 0) is 60.1 Å². The smallest absolute Gasteiger partial charge is 0.307 e. The highest BCUT2D eigenvalue weighted by Crippen LogP contribution is 2.33. The highest BCUT2D eigenvalue weighted by molar-refractivity contribution is 14.1. The molecule has 0 aromatic heterocycles. The average Bonchev–Trinajstić information content (AvgIpc) is 2.83. The minimum atomic E-state index is -0.865. The Morgan fingerprint density at radius 3 is 2.63 bits per heavy atom. The number of hydrogen-bond donors (Lipinski definition) is 2. The molecule has 4 nitrogen and oxygen atoms in total. The summed E-state index contributed by atoms with van der Waals surface area (Å²) >= 11 is 2.21. The molecule has 102 valence electrons. The van der Waals surface area contributed by atoms with E-state index < -0.39 is 17.8 Å². The third kappa shape index (κ3) is 3.26. The van der Waals surface area contributed by atoms with Crippen molar-refractivity contribution < 1.29 is 14.7 Å². The van der Waals surface area contributed by atoms with E-state index in [9.17, 15) is 9.59 Å². The van der Waals surface area contributed by atoms with Gasteiger partial charge in [0.05, 0.1) is 11.8 Å². The summed E-state index contributed by atoms with van der Waals surface area (Å²) in [6.45, 7) is 2.00. The number of aliphatic carboxylic acids is 1. The summed E-state index contributed by atoms with van der Waals surface area (Å²) in [5, 5.41) is 11.9. The zero-order valence-corrected chi connectivity index (χ0v) is 12.8. The highest BCUT2D eigenvalue weighted by atomic mass is 127. The minimum Gasteiger partial charge on any atom is -0.481 e. The van der Waals surface area contributed by atoms with Crippen LogP contribution in [0.1, 0.15) is 24.8 Å². The quantitative estimate of drug-likeness (QED) is 0.801. The van der Waals surface area contributed by atoms with Crippen LogP contribution >= 0.6 is 22.6 Å². The SMILES string of the molecule is Cc1ccc(NC(=O)[C@@H]2CCC[C@@H]2C(=O)O)cc1I. The molecule has 0 bridgehead atoms. The Morgan fingerprint density at radius 2 is 2.00 bits per heavy atom. The Morgan fingerprint density at radius 1 is 1.32 bits per heavy atom. The Kier molecular flexibility index (Phi) is 4.44. The zero-order chi connectivity index (χ0) is 14.0. The van der Waals surface area contributed by atoms with Crippen LogP contribution in [0.3, 0.4) is 0 Å². The van der Waals surface area contributed by atoms with E-state index in [0.717, 1.165) is 21.2 Å². The summed E-state index contributed by atoms with van der Waals surface area (Å²) in [5.41, 5.74) is 1.89. The van der Waals surface area contributed by atoms with Gasteiger partial charge in [-0.3, -0.25) is 9.59 Å². The number of hydrogen-bond acceptors (Lipinski definition) is 2. The number of halogens is 1. The van der Waals surface area contributed by atoms with Crippen molar-refractivity contribution in [3.05, 3.63) is 27.3 Å². The van der Waals surface area contributed by atoms with Gasteiger partial charge in [0.15, 0.2) is 0 Å². The van der Waals surface area contributed by atoms with Crippen LogP contribution in [0.2, 0.25) is 0 Å². The molecule has 1 fully saturated rings. The molecule has 1 aliphatic carbocycles. The normalized spacial score (nSPS) is 22.2. The van der Waals surface area contributed by atoms with Crippen LogP contribution in [0, 0.1) is 22.3 Å². The number of carbonyl (C=O) groups is 2. The third-order valence-corrected chi connectivity index (χ3v) is 4.77. The number of carboxylic acid groups (broad SMARTS) is 1. The molecule has 2 N–H and O–H groups in total. The van der Waals surface area contributed by atoms with Crippen LogP contribution < -0.4 is 5.32 Å². The Hall–Kier alpha value is -1.11. The fraction of sp³-hybridized carbons (Fsp3) is 0.429. The monoisotopic (exact) mass is 373 g/mol. The molecule has 19 heavy (non-hydrogen) atoms. The number of anilines is 1. The van der Waals surface area contributed by atoms with E-state index in [1.54, 1.807) is 0 Å².